The topological polar surface area (TPSA) is 65.7 Å². The summed E-state index contributed by atoms with van der Waals surface area (Å²) >= 11 is 0. The van der Waals surface area contributed by atoms with Gasteiger partial charge in [0.1, 0.15) is 0 Å². The molecule has 0 rings (SSSR count). The van der Waals surface area contributed by atoms with Crippen molar-refractivity contribution >= 4 is 17.0 Å². The number of hydrogen-bond acceptors (Lipinski definition) is 5. The molecule has 0 saturated heterocycles. The van der Waals surface area contributed by atoms with E-state index in [1.807, 2.05) is 0 Å². The van der Waals surface area contributed by atoms with Gasteiger partial charge in [0, 0.05) is 20.8 Å². The van der Waals surface area contributed by atoms with Crippen molar-refractivity contribution < 1.29 is 13.3 Å². The number of nitrogens with two attached hydrogens (primary N) is 1. The first-order valence-electron chi connectivity index (χ1n) is 7.62. The van der Waals surface area contributed by atoms with Gasteiger partial charge in [-0.1, -0.05) is 13.3 Å². The summed E-state index contributed by atoms with van der Waals surface area (Å²) in [7, 11) is -0.597. The van der Waals surface area contributed by atoms with E-state index in [4.69, 9.17) is 19.0 Å². The second-order valence-corrected chi connectivity index (χ2v) is 13.2. The highest BCUT2D eigenvalue weighted by atomic mass is 28.4. The first kappa shape index (κ1) is 20.2. The molecule has 20 heavy (non-hydrogen) atoms. The number of hydrogen-bond donors (Lipinski definition) is 2. The van der Waals surface area contributed by atoms with Crippen LogP contribution in [0.4, 0.5) is 0 Å². The van der Waals surface area contributed by atoms with E-state index in [0.717, 1.165) is 38.5 Å². The maximum Gasteiger partial charge on any atom is 0.441 e. The maximum atomic E-state index is 6.23. The predicted octanol–water partition coefficient (Wildman–Crippen LogP) is 2.11. The molecule has 0 radical (unpaired) electrons. The second kappa shape index (κ2) is 10.0. The lowest BCUT2D eigenvalue weighted by Gasteiger charge is -2.33. The molecule has 0 aromatic heterocycles. The molecule has 0 aromatic rings. The highest BCUT2D eigenvalue weighted by Crippen LogP contribution is 2.15. The zero-order valence-electron chi connectivity index (χ0n) is 14.1. The molecule has 1 atom stereocenters. The van der Waals surface area contributed by atoms with Crippen LogP contribution in [0.2, 0.25) is 19.1 Å². The molecular weight excluding hydrogens is 288 g/mol. The van der Waals surface area contributed by atoms with Crippen LogP contribution in [0.15, 0.2) is 0 Å². The lowest BCUT2D eigenvalue weighted by atomic mass is 10.3. The van der Waals surface area contributed by atoms with Crippen LogP contribution >= 0.6 is 0 Å². The molecule has 1 unspecified atom stereocenters. The number of nitrogens with one attached hydrogen (secondary N) is 1. The van der Waals surface area contributed by atoms with Crippen LogP contribution in [0.3, 0.4) is 0 Å². The first-order chi connectivity index (χ1) is 9.37. The molecule has 0 saturated carbocycles. The molecule has 122 valence electrons. The Morgan fingerprint density at radius 2 is 1.75 bits per heavy atom. The predicted molar refractivity (Wildman–Crippen MR) is 89.2 cm³/mol. The second-order valence-electron chi connectivity index (χ2n) is 5.69. The van der Waals surface area contributed by atoms with Gasteiger partial charge in [0.15, 0.2) is 8.32 Å². The summed E-state index contributed by atoms with van der Waals surface area (Å²) in [5, 5.41) is 0. The van der Waals surface area contributed by atoms with Gasteiger partial charge in [-0.25, -0.2) is 0 Å². The normalized spacial score (nSPS) is 14.6. The van der Waals surface area contributed by atoms with Crippen LogP contribution < -0.4 is 10.7 Å². The molecule has 0 heterocycles. The molecule has 0 bridgehead atoms. The third-order valence-corrected chi connectivity index (χ3v) is 9.40. The molecule has 3 N–H and O–H groups in total. The average Bonchev–Trinajstić information content (AvgIpc) is 2.39. The fraction of sp³-hybridized carbons (Fsp3) is 1.00. The van der Waals surface area contributed by atoms with Gasteiger partial charge in [-0.2, -0.15) is 0 Å². The van der Waals surface area contributed by atoms with Gasteiger partial charge >= 0.3 is 8.72 Å². The van der Waals surface area contributed by atoms with Gasteiger partial charge in [-0.15, -0.1) is 0 Å². The smallest absolute Gasteiger partial charge is 0.418 e. The monoisotopic (exact) mass is 322 g/mol. The minimum atomic E-state index is -2.48. The lowest BCUT2D eigenvalue weighted by Crippen LogP contribution is -2.67. The third kappa shape index (κ3) is 6.79. The number of rotatable bonds is 12. The van der Waals surface area contributed by atoms with Crippen LogP contribution in [-0.4, -0.2) is 50.1 Å². The molecule has 0 amide bonds. The van der Waals surface area contributed by atoms with Crippen molar-refractivity contribution in [3.8, 4) is 0 Å². The van der Waals surface area contributed by atoms with E-state index in [1.165, 1.54) is 0 Å². The summed E-state index contributed by atoms with van der Waals surface area (Å²) in [5.74, 6) is 0. The van der Waals surface area contributed by atoms with Crippen molar-refractivity contribution in [3.05, 3.63) is 0 Å². The van der Waals surface area contributed by atoms with Gasteiger partial charge in [-0.3, -0.25) is 4.98 Å². The Hall–Kier alpha value is 0.234. The summed E-state index contributed by atoms with van der Waals surface area (Å²) in [6.45, 7) is 10.4. The van der Waals surface area contributed by atoms with E-state index in [2.05, 4.69) is 31.9 Å². The third-order valence-electron chi connectivity index (χ3n) is 3.56. The van der Waals surface area contributed by atoms with Gasteiger partial charge in [0.25, 0.3) is 0 Å². The first-order valence-corrected chi connectivity index (χ1v) is 12.6. The van der Waals surface area contributed by atoms with Crippen LogP contribution in [-0.2, 0) is 13.3 Å². The van der Waals surface area contributed by atoms with Gasteiger partial charge in [0.2, 0.25) is 0 Å². The minimum absolute atomic E-state index is 0.0420. The van der Waals surface area contributed by atoms with Crippen molar-refractivity contribution in [2.24, 2.45) is 5.73 Å². The quantitative estimate of drug-likeness (QED) is 0.425. The molecular formula is C13H34N2O3Si2. The Bertz CT molecular complexity index is 252. The summed E-state index contributed by atoms with van der Waals surface area (Å²) < 4.78 is 17.1. The van der Waals surface area contributed by atoms with Crippen LogP contribution in [0.1, 0.15) is 33.1 Å². The standard InChI is InChI=1S/C13H34N2O3Si2/c1-7-10-13(14)20(16-3,17-4)15-11-9-12-19(5,6)18-8-2/h13,15H,7-12,14H2,1-6H3. The fourth-order valence-electron chi connectivity index (χ4n) is 2.40. The van der Waals surface area contributed by atoms with Crippen LogP contribution in [0, 0.1) is 0 Å². The average molecular weight is 323 g/mol. The highest BCUT2D eigenvalue weighted by Gasteiger charge is 2.42. The van der Waals surface area contributed by atoms with E-state index in [9.17, 15) is 0 Å². The van der Waals surface area contributed by atoms with Crippen molar-refractivity contribution in [3.63, 3.8) is 0 Å². The molecule has 0 aliphatic heterocycles. The molecule has 7 heteroatoms. The van der Waals surface area contributed by atoms with Crippen molar-refractivity contribution in [2.45, 2.75) is 57.9 Å². The van der Waals surface area contributed by atoms with E-state index in [1.54, 1.807) is 14.2 Å². The Morgan fingerprint density at radius 3 is 2.20 bits per heavy atom. The fourth-order valence-corrected chi connectivity index (χ4v) is 6.87. The molecule has 0 spiro atoms. The van der Waals surface area contributed by atoms with Crippen LogP contribution in [0.25, 0.3) is 0 Å². The molecule has 0 fully saturated rings. The van der Waals surface area contributed by atoms with Gasteiger partial charge in [-0.05, 0) is 45.4 Å². The Kier molecular flexibility index (Phi) is 10.2. The summed E-state index contributed by atoms with van der Waals surface area (Å²) in [4.78, 5) is 3.47. The van der Waals surface area contributed by atoms with Crippen molar-refractivity contribution in [1.29, 1.82) is 0 Å². The molecule has 0 aliphatic carbocycles. The zero-order chi connectivity index (χ0) is 15.6. The Labute approximate surface area is 127 Å². The highest BCUT2D eigenvalue weighted by molar-refractivity contribution is 6.71. The van der Waals surface area contributed by atoms with E-state index >= 15 is 0 Å². The SMILES string of the molecule is CCCC(N)[Si](NCCC[Si](C)(C)OCC)(OC)OC. The van der Waals surface area contributed by atoms with Crippen molar-refractivity contribution in [2.75, 3.05) is 27.4 Å². The van der Waals surface area contributed by atoms with Gasteiger partial charge < -0.3 is 19.0 Å². The molecule has 5 nitrogen and oxygen atoms in total. The van der Waals surface area contributed by atoms with E-state index in [0.29, 0.717) is 0 Å². The molecule has 0 aromatic carbocycles. The Morgan fingerprint density at radius 1 is 1.15 bits per heavy atom. The lowest BCUT2D eigenvalue weighted by molar-refractivity contribution is 0.213. The van der Waals surface area contributed by atoms with E-state index < -0.39 is 17.0 Å². The maximum absolute atomic E-state index is 6.23. The zero-order valence-corrected chi connectivity index (χ0v) is 16.1. The van der Waals surface area contributed by atoms with E-state index in [-0.39, 0.29) is 5.67 Å². The van der Waals surface area contributed by atoms with Crippen molar-refractivity contribution in [1.82, 2.24) is 4.98 Å². The Balaban J connectivity index is 4.28. The largest absolute Gasteiger partial charge is 0.441 e. The summed E-state index contributed by atoms with van der Waals surface area (Å²) in [6, 6.07) is 1.13. The molecule has 0 aliphatic rings. The summed E-state index contributed by atoms with van der Waals surface area (Å²) in [6.07, 6.45) is 3.02. The minimum Gasteiger partial charge on any atom is -0.418 e. The summed E-state index contributed by atoms with van der Waals surface area (Å²) in [5.41, 5.74) is 6.19. The van der Waals surface area contributed by atoms with Gasteiger partial charge in [0.05, 0.1) is 5.67 Å². The van der Waals surface area contributed by atoms with Crippen LogP contribution in [0.5, 0.6) is 0 Å².